The second-order valence-electron chi connectivity index (χ2n) is 10.7. The predicted molar refractivity (Wildman–Crippen MR) is 144 cm³/mol. The summed E-state index contributed by atoms with van der Waals surface area (Å²) in [6.07, 6.45) is 6.01. The molecule has 1 aromatic heterocycles. The summed E-state index contributed by atoms with van der Waals surface area (Å²) in [5, 5.41) is 5.05. The number of likely N-dealkylation sites (tertiary alicyclic amines) is 1. The summed E-state index contributed by atoms with van der Waals surface area (Å²) in [6.45, 7) is 8.80. The molecule has 2 atom stereocenters. The zero-order chi connectivity index (χ0) is 25.4. The minimum absolute atomic E-state index is 0.0994. The number of rotatable bonds is 8. The summed E-state index contributed by atoms with van der Waals surface area (Å²) in [7, 11) is 0. The van der Waals surface area contributed by atoms with Crippen LogP contribution in [0.1, 0.15) is 51.1 Å². The highest BCUT2D eigenvalue weighted by Gasteiger charge is 2.47. The zero-order valence-corrected chi connectivity index (χ0v) is 22.9. The highest BCUT2D eigenvalue weighted by atomic mass is 35.5. The van der Waals surface area contributed by atoms with Crippen molar-refractivity contribution in [2.24, 2.45) is 11.8 Å². The number of carbonyl (C=O) groups excluding carboxylic acids is 1. The normalized spacial score (nSPS) is 27.6. The van der Waals surface area contributed by atoms with Crippen LogP contribution in [0.15, 0.2) is 24.4 Å². The van der Waals surface area contributed by atoms with Gasteiger partial charge in [-0.3, -0.25) is 9.69 Å². The van der Waals surface area contributed by atoms with E-state index in [0.29, 0.717) is 51.2 Å². The first-order valence-corrected chi connectivity index (χ1v) is 13.7. The Bertz CT molecular complexity index is 1110. The first kappa shape index (κ1) is 25.8. The van der Waals surface area contributed by atoms with Gasteiger partial charge in [-0.15, -0.1) is 0 Å². The number of carbonyl (C=O) groups is 1. The quantitative estimate of drug-likeness (QED) is 0.412. The highest BCUT2D eigenvalue weighted by Crippen LogP contribution is 2.41. The average molecular weight is 553 g/mol. The van der Waals surface area contributed by atoms with Crippen LogP contribution in [-0.4, -0.2) is 59.2 Å². The van der Waals surface area contributed by atoms with Crippen molar-refractivity contribution in [3.63, 3.8) is 0 Å². The Hall–Kier alpha value is -1.80. The third-order valence-electron chi connectivity index (χ3n) is 8.05. The summed E-state index contributed by atoms with van der Waals surface area (Å²) >= 11 is 18.8. The van der Waals surface area contributed by atoms with E-state index in [4.69, 9.17) is 44.5 Å². The molecular formula is C26H32Cl3N5O2. The highest BCUT2D eigenvalue weighted by molar-refractivity contribution is 6.35. The number of aromatic nitrogens is 2. The number of hydrogen-bond acceptors (Lipinski definition) is 7. The van der Waals surface area contributed by atoms with Gasteiger partial charge in [0.1, 0.15) is 10.6 Å². The van der Waals surface area contributed by atoms with Crippen LogP contribution >= 0.6 is 34.8 Å². The molecule has 2 aliphatic heterocycles. The lowest BCUT2D eigenvalue weighted by molar-refractivity contribution is -0.160. The number of piperidine rings is 1. The van der Waals surface area contributed by atoms with Crippen molar-refractivity contribution in [1.29, 1.82) is 0 Å². The first-order valence-electron chi connectivity index (χ1n) is 12.6. The molecule has 2 aromatic rings. The fourth-order valence-corrected chi connectivity index (χ4v) is 6.60. The summed E-state index contributed by atoms with van der Waals surface area (Å²) in [6, 6.07) is 5.89. The number of benzene rings is 1. The summed E-state index contributed by atoms with van der Waals surface area (Å²) in [4.78, 5) is 24.8. The Morgan fingerprint density at radius 3 is 2.67 bits per heavy atom. The third-order valence-corrected chi connectivity index (χ3v) is 8.89. The molecule has 0 spiro atoms. The maximum atomic E-state index is 10.7. The third kappa shape index (κ3) is 5.40. The number of nitrogens with one attached hydrogen (secondary N) is 1. The van der Waals surface area contributed by atoms with Gasteiger partial charge in [0, 0.05) is 48.6 Å². The van der Waals surface area contributed by atoms with Gasteiger partial charge in [-0.05, 0) is 62.8 Å². The Morgan fingerprint density at radius 1 is 1.17 bits per heavy atom. The molecule has 0 amide bonds. The van der Waals surface area contributed by atoms with Gasteiger partial charge >= 0.3 is 0 Å². The van der Waals surface area contributed by atoms with Crippen LogP contribution in [0.2, 0.25) is 15.1 Å². The molecule has 3 heterocycles. The number of hydrogen-bond donors (Lipinski definition) is 1. The smallest absolute Gasteiger partial charge is 0.293 e. The number of halogens is 3. The van der Waals surface area contributed by atoms with Crippen molar-refractivity contribution < 1.29 is 9.53 Å². The van der Waals surface area contributed by atoms with Crippen molar-refractivity contribution in [2.75, 3.05) is 36.4 Å². The largest absolute Gasteiger partial charge is 0.461 e. The van der Waals surface area contributed by atoms with E-state index >= 15 is 0 Å². The molecule has 0 bridgehead atoms. The van der Waals surface area contributed by atoms with Crippen molar-refractivity contribution in [2.45, 2.75) is 57.2 Å². The lowest BCUT2D eigenvalue weighted by Gasteiger charge is -2.52. The molecule has 3 aliphatic rings. The minimum atomic E-state index is -0.277. The van der Waals surface area contributed by atoms with Gasteiger partial charge in [0.25, 0.3) is 6.47 Å². The van der Waals surface area contributed by atoms with Gasteiger partial charge in [0.05, 0.1) is 12.2 Å². The van der Waals surface area contributed by atoms with Crippen LogP contribution in [0.3, 0.4) is 0 Å². The SMILES string of the molecule is C[C@@H](Nc1nc(N2CC([C@H]3CCCN(C4CC(C)(OC=O)C4)C3)C2)ncc1Cl)c1ccc(Cl)cc1Cl. The Morgan fingerprint density at radius 2 is 1.94 bits per heavy atom. The molecule has 5 rings (SSSR count). The van der Waals surface area contributed by atoms with Gasteiger partial charge in [0.15, 0.2) is 5.82 Å². The molecule has 0 unspecified atom stereocenters. The van der Waals surface area contributed by atoms with E-state index < -0.39 is 0 Å². The molecule has 10 heteroatoms. The average Bonchev–Trinajstić information content (AvgIpc) is 2.79. The van der Waals surface area contributed by atoms with Crippen molar-refractivity contribution in [3.05, 3.63) is 45.0 Å². The Balaban J connectivity index is 1.16. The fraction of sp³-hybridized carbons (Fsp3) is 0.577. The number of ether oxygens (including phenoxy) is 1. The van der Waals surface area contributed by atoms with Crippen molar-refractivity contribution in [3.8, 4) is 0 Å². The lowest BCUT2D eigenvalue weighted by Crippen LogP contribution is -2.59. The van der Waals surface area contributed by atoms with Crippen LogP contribution in [0.25, 0.3) is 0 Å². The fourth-order valence-electron chi connectivity index (χ4n) is 5.89. The van der Waals surface area contributed by atoms with E-state index in [9.17, 15) is 4.79 Å². The van der Waals surface area contributed by atoms with Crippen LogP contribution in [0.5, 0.6) is 0 Å². The van der Waals surface area contributed by atoms with E-state index in [-0.39, 0.29) is 11.6 Å². The zero-order valence-electron chi connectivity index (χ0n) is 20.6. The standard InChI is InChI=1S/C26H32Cl3N5O2/c1-16(21-6-5-19(27)8-22(21)28)31-24-23(29)11-30-25(32-24)34-13-18(14-34)17-4-3-7-33(12-17)20-9-26(2,10-20)36-15-35/h5-6,8,11,15-18,20H,3-4,7,9-10,12-14H2,1-2H3,(H,30,31,32)/t16-,17+,20?,26?/m1/s1. The molecule has 194 valence electrons. The van der Waals surface area contributed by atoms with E-state index in [0.717, 1.165) is 44.6 Å². The van der Waals surface area contributed by atoms with Crippen LogP contribution in [-0.2, 0) is 9.53 Å². The Labute approximate surface area is 227 Å². The summed E-state index contributed by atoms with van der Waals surface area (Å²) in [5.74, 6) is 2.60. The monoisotopic (exact) mass is 551 g/mol. The van der Waals surface area contributed by atoms with E-state index in [1.807, 2.05) is 26.0 Å². The van der Waals surface area contributed by atoms with Crippen LogP contribution in [0.4, 0.5) is 11.8 Å². The molecule has 1 N–H and O–H groups in total. The predicted octanol–water partition coefficient (Wildman–Crippen LogP) is 5.85. The van der Waals surface area contributed by atoms with E-state index in [1.165, 1.54) is 12.8 Å². The van der Waals surface area contributed by atoms with Gasteiger partial charge < -0.3 is 15.0 Å². The molecule has 2 saturated heterocycles. The van der Waals surface area contributed by atoms with Crippen LogP contribution in [0, 0.1) is 11.8 Å². The maximum Gasteiger partial charge on any atom is 0.293 e. The first-order chi connectivity index (χ1) is 17.2. The van der Waals surface area contributed by atoms with Gasteiger partial charge in [-0.2, -0.15) is 4.98 Å². The molecule has 0 radical (unpaired) electrons. The minimum Gasteiger partial charge on any atom is -0.461 e. The lowest BCUT2D eigenvalue weighted by atomic mass is 9.73. The van der Waals surface area contributed by atoms with E-state index in [1.54, 1.807) is 12.3 Å². The van der Waals surface area contributed by atoms with Crippen molar-refractivity contribution >= 4 is 53.0 Å². The number of anilines is 2. The van der Waals surface area contributed by atoms with Gasteiger partial charge in [-0.25, -0.2) is 4.98 Å². The molecule has 1 aliphatic carbocycles. The number of nitrogens with zero attached hydrogens (tertiary/aromatic N) is 4. The molecule has 1 saturated carbocycles. The second-order valence-corrected chi connectivity index (χ2v) is 11.9. The molecule has 1 aromatic carbocycles. The van der Waals surface area contributed by atoms with Crippen molar-refractivity contribution in [1.82, 2.24) is 14.9 Å². The summed E-state index contributed by atoms with van der Waals surface area (Å²) < 4.78 is 5.28. The maximum absolute atomic E-state index is 10.7. The topological polar surface area (TPSA) is 70.6 Å². The van der Waals surface area contributed by atoms with Gasteiger partial charge in [-0.1, -0.05) is 40.9 Å². The Kier molecular flexibility index (Phi) is 7.55. The molecule has 7 nitrogen and oxygen atoms in total. The van der Waals surface area contributed by atoms with Crippen LogP contribution < -0.4 is 10.2 Å². The summed E-state index contributed by atoms with van der Waals surface area (Å²) in [5.41, 5.74) is 0.647. The van der Waals surface area contributed by atoms with Gasteiger partial charge in [0.2, 0.25) is 5.95 Å². The second kappa shape index (κ2) is 10.5. The molecule has 3 fully saturated rings. The molecular weight excluding hydrogens is 521 g/mol. The molecule has 36 heavy (non-hydrogen) atoms. The van der Waals surface area contributed by atoms with E-state index in [2.05, 4.69) is 20.1 Å².